The molecular formula is C24H23ClN4O4. The first-order valence-electron chi connectivity index (χ1n) is 10.5. The molecule has 0 aliphatic heterocycles. The van der Waals surface area contributed by atoms with Crippen molar-refractivity contribution in [3.05, 3.63) is 92.3 Å². The summed E-state index contributed by atoms with van der Waals surface area (Å²) in [6.45, 7) is 5.93. The molecule has 4 rings (SSSR count). The second-order valence-corrected chi connectivity index (χ2v) is 8.44. The zero-order valence-corrected chi connectivity index (χ0v) is 19.2. The SMILES string of the molecule is Cc1ccc(-n2nc(C)c([C@H]3C=C[C@@H](OC(=O)Nc4cccc([N+](=O)[O-])c4)C3)c2C)cc1Cl. The van der Waals surface area contributed by atoms with Gasteiger partial charge in [0.2, 0.25) is 0 Å². The first-order chi connectivity index (χ1) is 15.7. The van der Waals surface area contributed by atoms with Crippen molar-refractivity contribution >= 4 is 29.1 Å². The minimum atomic E-state index is -0.663. The molecule has 2 atom stereocenters. The Morgan fingerprint density at radius 1 is 1.21 bits per heavy atom. The zero-order valence-electron chi connectivity index (χ0n) is 18.4. The van der Waals surface area contributed by atoms with Gasteiger partial charge in [-0.25, -0.2) is 9.48 Å². The van der Waals surface area contributed by atoms with Crippen LogP contribution in [0.3, 0.4) is 0 Å². The Morgan fingerprint density at radius 2 is 2.00 bits per heavy atom. The van der Waals surface area contributed by atoms with Crippen LogP contribution in [0.25, 0.3) is 5.69 Å². The second-order valence-electron chi connectivity index (χ2n) is 8.03. The van der Waals surface area contributed by atoms with Crippen LogP contribution in [-0.2, 0) is 4.74 Å². The molecule has 9 heteroatoms. The fourth-order valence-corrected chi connectivity index (χ4v) is 4.28. The molecule has 0 saturated carbocycles. The lowest BCUT2D eigenvalue weighted by Gasteiger charge is -2.15. The highest BCUT2D eigenvalue weighted by atomic mass is 35.5. The minimum absolute atomic E-state index is 0.0512. The number of carbonyl (C=O) groups is 1. The highest BCUT2D eigenvalue weighted by molar-refractivity contribution is 6.31. The summed E-state index contributed by atoms with van der Waals surface area (Å²) in [5, 5.41) is 18.8. The average molecular weight is 467 g/mol. The van der Waals surface area contributed by atoms with Crippen LogP contribution in [0.5, 0.6) is 0 Å². The Morgan fingerprint density at radius 3 is 2.73 bits per heavy atom. The maximum Gasteiger partial charge on any atom is 0.412 e. The molecule has 1 aliphatic carbocycles. The van der Waals surface area contributed by atoms with E-state index >= 15 is 0 Å². The van der Waals surface area contributed by atoms with Gasteiger partial charge < -0.3 is 4.74 Å². The quantitative estimate of drug-likeness (QED) is 0.281. The van der Waals surface area contributed by atoms with Gasteiger partial charge in [0.1, 0.15) is 6.10 Å². The molecular weight excluding hydrogens is 444 g/mol. The van der Waals surface area contributed by atoms with Gasteiger partial charge in [-0.05, 0) is 57.0 Å². The molecule has 0 unspecified atom stereocenters. The Hall–Kier alpha value is -3.65. The van der Waals surface area contributed by atoms with Gasteiger partial charge in [0, 0.05) is 34.3 Å². The van der Waals surface area contributed by atoms with Crippen molar-refractivity contribution in [1.82, 2.24) is 9.78 Å². The summed E-state index contributed by atoms with van der Waals surface area (Å²) in [6.07, 6.45) is 3.39. The van der Waals surface area contributed by atoms with Crippen LogP contribution in [0.2, 0.25) is 5.02 Å². The van der Waals surface area contributed by atoms with Crippen LogP contribution in [0.4, 0.5) is 16.2 Å². The van der Waals surface area contributed by atoms with Crippen LogP contribution in [-0.4, -0.2) is 26.9 Å². The van der Waals surface area contributed by atoms with E-state index in [0.29, 0.717) is 17.1 Å². The Labute approximate surface area is 196 Å². The van der Waals surface area contributed by atoms with E-state index in [0.717, 1.165) is 28.2 Å². The number of ether oxygens (including phenoxy) is 1. The molecule has 0 fully saturated rings. The van der Waals surface area contributed by atoms with Crippen LogP contribution in [0.15, 0.2) is 54.6 Å². The summed E-state index contributed by atoms with van der Waals surface area (Å²) in [4.78, 5) is 22.7. The third kappa shape index (κ3) is 4.75. The van der Waals surface area contributed by atoms with Gasteiger partial charge in [0.05, 0.1) is 22.0 Å². The molecule has 1 aliphatic rings. The standard InChI is InChI=1S/C24H23ClN4O4/c1-14-7-9-19(13-22(14)25)28-16(3)23(15(2)27-28)17-8-10-21(11-17)33-24(30)26-18-5-4-6-20(12-18)29(31)32/h4-10,12-13,17,21H,11H2,1-3H3,(H,26,30)/t17-,21+/m0/s1. The molecule has 3 aromatic rings. The summed E-state index contributed by atoms with van der Waals surface area (Å²) in [7, 11) is 0. The summed E-state index contributed by atoms with van der Waals surface area (Å²) in [5.41, 5.74) is 5.09. The van der Waals surface area contributed by atoms with E-state index in [1.165, 1.54) is 18.2 Å². The molecule has 0 saturated heterocycles. The van der Waals surface area contributed by atoms with E-state index in [1.54, 1.807) is 6.07 Å². The van der Waals surface area contributed by atoms with Crippen molar-refractivity contribution in [2.24, 2.45) is 0 Å². The minimum Gasteiger partial charge on any atom is -0.442 e. The van der Waals surface area contributed by atoms with Crippen molar-refractivity contribution in [1.29, 1.82) is 0 Å². The summed E-state index contributed by atoms with van der Waals surface area (Å²) in [6, 6.07) is 11.6. The fourth-order valence-electron chi connectivity index (χ4n) is 4.11. The van der Waals surface area contributed by atoms with E-state index in [4.69, 9.17) is 21.4 Å². The molecule has 8 nitrogen and oxygen atoms in total. The predicted octanol–water partition coefficient (Wildman–Crippen LogP) is 6.02. The number of nitro benzene ring substituents is 1. The maximum absolute atomic E-state index is 12.3. The molecule has 170 valence electrons. The fraction of sp³-hybridized carbons (Fsp3) is 0.250. The number of aromatic nitrogens is 2. The van der Waals surface area contributed by atoms with Gasteiger partial charge in [0.25, 0.3) is 5.69 Å². The lowest BCUT2D eigenvalue weighted by Crippen LogP contribution is -2.20. The van der Waals surface area contributed by atoms with E-state index < -0.39 is 17.1 Å². The Kier molecular flexibility index (Phi) is 6.20. The lowest BCUT2D eigenvalue weighted by atomic mass is 9.96. The molecule has 33 heavy (non-hydrogen) atoms. The number of allylic oxidation sites excluding steroid dienone is 1. The van der Waals surface area contributed by atoms with Gasteiger partial charge in [0.15, 0.2) is 0 Å². The number of hydrogen-bond acceptors (Lipinski definition) is 5. The number of hydrogen-bond donors (Lipinski definition) is 1. The zero-order chi connectivity index (χ0) is 23.7. The predicted molar refractivity (Wildman–Crippen MR) is 126 cm³/mol. The molecule has 2 aromatic carbocycles. The highest BCUT2D eigenvalue weighted by Crippen LogP contribution is 2.35. The number of anilines is 1. The number of nitrogens with zero attached hydrogens (tertiary/aromatic N) is 3. The number of nitro groups is 1. The first-order valence-corrected chi connectivity index (χ1v) is 10.8. The van der Waals surface area contributed by atoms with Crippen LogP contribution in [0.1, 0.15) is 34.9 Å². The number of benzene rings is 2. The van der Waals surface area contributed by atoms with Gasteiger partial charge in [-0.1, -0.05) is 29.8 Å². The molecule has 1 amide bonds. The third-order valence-corrected chi connectivity index (χ3v) is 6.13. The van der Waals surface area contributed by atoms with Gasteiger partial charge >= 0.3 is 6.09 Å². The number of rotatable bonds is 5. The molecule has 0 bridgehead atoms. The number of aryl methyl sites for hydroxylation is 2. The lowest BCUT2D eigenvalue weighted by molar-refractivity contribution is -0.384. The van der Waals surface area contributed by atoms with Gasteiger partial charge in [-0.15, -0.1) is 0 Å². The molecule has 1 N–H and O–H groups in total. The topological polar surface area (TPSA) is 99.3 Å². The third-order valence-electron chi connectivity index (χ3n) is 5.72. The molecule has 1 aromatic heterocycles. The average Bonchev–Trinajstić information content (AvgIpc) is 3.33. The second kappa shape index (κ2) is 9.07. The van der Waals surface area contributed by atoms with E-state index in [1.807, 2.05) is 55.8 Å². The van der Waals surface area contributed by atoms with Crippen molar-refractivity contribution in [2.75, 3.05) is 5.32 Å². The Bertz CT molecular complexity index is 1270. The smallest absolute Gasteiger partial charge is 0.412 e. The van der Waals surface area contributed by atoms with Crippen molar-refractivity contribution in [2.45, 2.75) is 39.2 Å². The van der Waals surface area contributed by atoms with Crippen LogP contribution < -0.4 is 5.32 Å². The highest BCUT2D eigenvalue weighted by Gasteiger charge is 2.28. The van der Waals surface area contributed by atoms with Crippen molar-refractivity contribution < 1.29 is 14.5 Å². The van der Waals surface area contributed by atoms with Gasteiger partial charge in [-0.2, -0.15) is 5.10 Å². The van der Waals surface area contributed by atoms with E-state index in [2.05, 4.69) is 5.32 Å². The summed E-state index contributed by atoms with van der Waals surface area (Å²) < 4.78 is 7.40. The summed E-state index contributed by atoms with van der Waals surface area (Å²) >= 11 is 6.30. The molecule has 0 spiro atoms. The molecule has 0 radical (unpaired) electrons. The van der Waals surface area contributed by atoms with E-state index in [9.17, 15) is 14.9 Å². The van der Waals surface area contributed by atoms with Crippen molar-refractivity contribution in [3.8, 4) is 5.69 Å². The molecule has 1 heterocycles. The first kappa shape index (κ1) is 22.5. The van der Waals surface area contributed by atoms with E-state index in [-0.39, 0.29) is 11.6 Å². The number of non-ortho nitro benzene ring substituents is 1. The largest absolute Gasteiger partial charge is 0.442 e. The monoisotopic (exact) mass is 466 g/mol. The number of carbonyl (C=O) groups excluding carboxylic acids is 1. The Balaban J connectivity index is 1.44. The van der Waals surface area contributed by atoms with Crippen molar-refractivity contribution in [3.63, 3.8) is 0 Å². The van der Waals surface area contributed by atoms with Crippen LogP contribution >= 0.6 is 11.6 Å². The number of nitrogens with one attached hydrogen (secondary N) is 1. The maximum atomic E-state index is 12.3. The summed E-state index contributed by atoms with van der Waals surface area (Å²) in [5.74, 6) is 0.0512. The van der Waals surface area contributed by atoms with Gasteiger partial charge in [-0.3, -0.25) is 15.4 Å². The number of halogens is 1. The normalized spacial score (nSPS) is 17.2. The van der Waals surface area contributed by atoms with Crippen LogP contribution in [0, 0.1) is 30.9 Å². The number of amides is 1.